The Morgan fingerprint density at radius 3 is 2.64 bits per heavy atom. The Hall–Kier alpha value is -2.03. The van der Waals surface area contributed by atoms with Crippen LogP contribution in [0, 0.1) is 0 Å². The van der Waals surface area contributed by atoms with E-state index in [2.05, 4.69) is 10.1 Å². The number of nitrogens with zero attached hydrogens (tertiary/aromatic N) is 3. The molecular weight excluding hydrogens is 322 g/mol. The van der Waals surface area contributed by atoms with Gasteiger partial charge in [0.1, 0.15) is 0 Å². The lowest BCUT2D eigenvalue weighted by Gasteiger charge is -2.14. The molecule has 0 atom stereocenters. The largest absolute Gasteiger partial charge is 0.337 e. The molecule has 0 aliphatic heterocycles. The first-order valence-corrected chi connectivity index (χ1v) is 8.77. The number of hydrogen-bond donors (Lipinski definition) is 0. The van der Waals surface area contributed by atoms with Crippen molar-refractivity contribution in [2.75, 3.05) is 7.05 Å². The predicted octanol–water partition coefficient (Wildman–Crippen LogP) is 2.62. The molecule has 0 spiro atoms. The van der Waals surface area contributed by atoms with Gasteiger partial charge < -0.3 is 4.52 Å². The smallest absolute Gasteiger partial charge is 0.243 e. The Morgan fingerprint density at radius 1 is 1.18 bits per heavy atom. The van der Waals surface area contributed by atoms with E-state index in [0.29, 0.717) is 5.82 Å². The maximum Gasteiger partial charge on any atom is 0.243 e. The molecule has 114 valence electrons. The van der Waals surface area contributed by atoms with E-state index in [4.69, 9.17) is 4.52 Å². The highest BCUT2D eigenvalue weighted by Gasteiger charge is 2.23. The molecular formula is C14H13N3O3S2. The molecule has 0 radical (unpaired) electrons. The van der Waals surface area contributed by atoms with Gasteiger partial charge in [-0.15, -0.1) is 11.3 Å². The van der Waals surface area contributed by atoms with Gasteiger partial charge in [0, 0.05) is 7.05 Å². The summed E-state index contributed by atoms with van der Waals surface area (Å²) in [6.07, 6.45) is 0. The number of rotatable bonds is 5. The van der Waals surface area contributed by atoms with Crippen molar-refractivity contribution in [2.45, 2.75) is 11.4 Å². The van der Waals surface area contributed by atoms with E-state index in [-0.39, 0.29) is 17.3 Å². The molecule has 1 aromatic carbocycles. The number of thiophene rings is 1. The molecule has 0 unspecified atom stereocenters. The van der Waals surface area contributed by atoms with Crippen molar-refractivity contribution < 1.29 is 12.9 Å². The van der Waals surface area contributed by atoms with Gasteiger partial charge >= 0.3 is 0 Å². The van der Waals surface area contributed by atoms with Crippen molar-refractivity contribution in [3.63, 3.8) is 0 Å². The Bertz CT molecular complexity index is 843. The average Bonchev–Trinajstić information content (AvgIpc) is 3.18. The zero-order valence-corrected chi connectivity index (χ0v) is 13.3. The Morgan fingerprint density at radius 2 is 1.95 bits per heavy atom. The minimum Gasteiger partial charge on any atom is -0.337 e. The topological polar surface area (TPSA) is 76.3 Å². The number of benzene rings is 1. The molecule has 0 saturated carbocycles. The van der Waals surface area contributed by atoms with Crippen LogP contribution in [0.15, 0.2) is 57.3 Å². The molecule has 2 aromatic heterocycles. The van der Waals surface area contributed by atoms with Gasteiger partial charge in [-0.3, -0.25) is 0 Å². The minimum absolute atomic E-state index is 0.0234. The SMILES string of the molecule is CN(Cc1nc(-c2cccs2)no1)S(=O)(=O)c1ccccc1. The first-order chi connectivity index (χ1) is 10.6. The summed E-state index contributed by atoms with van der Waals surface area (Å²) in [6, 6.07) is 12.0. The van der Waals surface area contributed by atoms with Gasteiger partial charge in [-0.2, -0.15) is 9.29 Å². The van der Waals surface area contributed by atoms with Crippen LogP contribution in [0.2, 0.25) is 0 Å². The Balaban J connectivity index is 1.79. The van der Waals surface area contributed by atoms with Crippen LogP contribution < -0.4 is 0 Å². The fourth-order valence-electron chi connectivity index (χ4n) is 1.87. The molecule has 0 aliphatic carbocycles. The second kappa shape index (κ2) is 5.99. The summed E-state index contributed by atoms with van der Waals surface area (Å²) in [5.74, 6) is 0.723. The van der Waals surface area contributed by atoms with Gasteiger partial charge in [-0.1, -0.05) is 29.4 Å². The predicted molar refractivity (Wildman–Crippen MR) is 82.7 cm³/mol. The van der Waals surface area contributed by atoms with Gasteiger partial charge in [-0.25, -0.2) is 8.42 Å². The summed E-state index contributed by atoms with van der Waals surface area (Å²) in [6.45, 7) is 0.0234. The van der Waals surface area contributed by atoms with Gasteiger partial charge in [0.25, 0.3) is 0 Å². The Kier molecular flexibility index (Phi) is 4.06. The zero-order chi connectivity index (χ0) is 15.6. The molecule has 0 bridgehead atoms. The summed E-state index contributed by atoms with van der Waals surface area (Å²) in [5.41, 5.74) is 0. The number of sulfonamides is 1. The monoisotopic (exact) mass is 335 g/mol. The van der Waals surface area contributed by atoms with E-state index < -0.39 is 10.0 Å². The van der Waals surface area contributed by atoms with E-state index in [9.17, 15) is 8.42 Å². The molecule has 0 fully saturated rings. The van der Waals surface area contributed by atoms with Crippen LogP contribution in [0.4, 0.5) is 0 Å². The van der Waals surface area contributed by atoms with Crippen LogP contribution in [0.5, 0.6) is 0 Å². The molecule has 22 heavy (non-hydrogen) atoms. The average molecular weight is 335 g/mol. The maximum absolute atomic E-state index is 12.4. The zero-order valence-electron chi connectivity index (χ0n) is 11.7. The van der Waals surface area contributed by atoms with Crippen molar-refractivity contribution >= 4 is 21.4 Å². The van der Waals surface area contributed by atoms with Gasteiger partial charge in [-0.05, 0) is 23.6 Å². The summed E-state index contributed by atoms with van der Waals surface area (Å²) >= 11 is 1.49. The van der Waals surface area contributed by atoms with E-state index in [1.807, 2.05) is 17.5 Å². The van der Waals surface area contributed by atoms with Crippen molar-refractivity contribution in [2.24, 2.45) is 0 Å². The third-order valence-corrected chi connectivity index (χ3v) is 5.70. The fraction of sp³-hybridized carbons (Fsp3) is 0.143. The van der Waals surface area contributed by atoms with Crippen LogP contribution in [0.25, 0.3) is 10.7 Å². The van der Waals surface area contributed by atoms with E-state index in [0.717, 1.165) is 4.88 Å². The number of hydrogen-bond acceptors (Lipinski definition) is 6. The summed E-state index contributed by atoms with van der Waals surface area (Å²) in [4.78, 5) is 5.34. The molecule has 3 rings (SSSR count). The lowest BCUT2D eigenvalue weighted by atomic mass is 10.4. The molecule has 3 aromatic rings. The van der Waals surface area contributed by atoms with Crippen molar-refractivity contribution in [1.82, 2.24) is 14.4 Å². The summed E-state index contributed by atoms with van der Waals surface area (Å²) in [5, 5.41) is 5.78. The Labute approximate surface area is 132 Å². The second-order valence-electron chi connectivity index (χ2n) is 4.56. The third-order valence-electron chi connectivity index (χ3n) is 3.02. The third kappa shape index (κ3) is 2.94. The van der Waals surface area contributed by atoms with E-state index in [1.54, 1.807) is 30.3 Å². The maximum atomic E-state index is 12.4. The van der Waals surface area contributed by atoms with Gasteiger partial charge in [0.15, 0.2) is 0 Å². The molecule has 8 heteroatoms. The van der Waals surface area contributed by atoms with Crippen molar-refractivity contribution in [3.8, 4) is 10.7 Å². The molecule has 0 aliphatic rings. The van der Waals surface area contributed by atoms with Crippen LogP contribution in [0.3, 0.4) is 0 Å². The summed E-state index contributed by atoms with van der Waals surface area (Å²) < 4.78 is 31.1. The lowest BCUT2D eigenvalue weighted by molar-refractivity contribution is 0.337. The van der Waals surface area contributed by atoms with Crippen molar-refractivity contribution in [1.29, 1.82) is 0 Å². The normalized spacial score (nSPS) is 11.9. The van der Waals surface area contributed by atoms with Crippen LogP contribution in [0.1, 0.15) is 5.89 Å². The minimum atomic E-state index is -3.57. The molecule has 0 amide bonds. The number of aromatic nitrogens is 2. The first-order valence-electron chi connectivity index (χ1n) is 6.45. The van der Waals surface area contributed by atoms with Gasteiger partial charge in [0.2, 0.25) is 21.7 Å². The highest BCUT2D eigenvalue weighted by atomic mass is 32.2. The highest BCUT2D eigenvalue weighted by molar-refractivity contribution is 7.89. The van der Waals surface area contributed by atoms with E-state index in [1.165, 1.54) is 22.7 Å². The van der Waals surface area contributed by atoms with Gasteiger partial charge in [0.05, 0.1) is 16.3 Å². The van der Waals surface area contributed by atoms with Crippen LogP contribution >= 0.6 is 11.3 Å². The fourth-order valence-corrected chi connectivity index (χ4v) is 3.66. The molecule has 0 saturated heterocycles. The van der Waals surface area contributed by atoms with E-state index >= 15 is 0 Å². The highest BCUT2D eigenvalue weighted by Crippen LogP contribution is 2.22. The first kappa shape index (κ1) is 14.9. The standard InChI is InChI=1S/C14H13N3O3S2/c1-17(22(18,19)11-6-3-2-4-7-11)10-13-15-14(16-20-13)12-8-5-9-21-12/h2-9H,10H2,1H3. The molecule has 2 heterocycles. The summed E-state index contributed by atoms with van der Waals surface area (Å²) in [7, 11) is -2.09. The second-order valence-corrected chi connectivity index (χ2v) is 7.56. The molecule has 6 nitrogen and oxygen atoms in total. The lowest BCUT2D eigenvalue weighted by Crippen LogP contribution is -2.26. The quantitative estimate of drug-likeness (QED) is 0.716. The van der Waals surface area contributed by atoms with Crippen LogP contribution in [-0.2, 0) is 16.6 Å². The van der Waals surface area contributed by atoms with Crippen LogP contribution in [-0.4, -0.2) is 29.9 Å². The molecule has 0 N–H and O–H groups in total. The van der Waals surface area contributed by atoms with Crippen molar-refractivity contribution in [3.05, 3.63) is 53.7 Å².